The van der Waals surface area contributed by atoms with E-state index in [0.29, 0.717) is 18.3 Å². The van der Waals surface area contributed by atoms with Gasteiger partial charge in [-0.3, -0.25) is 4.79 Å². The van der Waals surface area contributed by atoms with Crippen LogP contribution in [0.5, 0.6) is 11.5 Å². The van der Waals surface area contributed by atoms with Crippen molar-refractivity contribution < 1.29 is 19.4 Å². The molecular weight excluding hydrogens is 376 g/mol. The van der Waals surface area contributed by atoms with Gasteiger partial charge in [-0.05, 0) is 90.7 Å². The van der Waals surface area contributed by atoms with Crippen LogP contribution in [-0.4, -0.2) is 23.3 Å². The molecule has 1 N–H and O–H groups in total. The molecule has 4 nitrogen and oxygen atoms in total. The second kappa shape index (κ2) is 6.23. The number of allylic oxidation sites excluding steroid dienone is 4. The predicted octanol–water partition coefficient (Wildman–Crippen LogP) is 5.07. The van der Waals surface area contributed by atoms with E-state index in [-0.39, 0.29) is 23.9 Å². The summed E-state index contributed by atoms with van der Waals surface area (Å²) >= 11 is 0. The van der Waals surface area contributed by atoms with E-state index in [1.54, 1.807) is 0 Å². The second-order valence-electron chi connectivity index (χ2n) is 10.5. The Labute approximate surface area is 178 Å². The topological polar surface area (TPSA) is 55.8 Å². The average molecular weight is 407 g/mol. The Morgan fingerprint density at radius 1 is 1.07 bits per heavy atom. The molecule has 2 fully saturated rings. The zero-order chi connectivity index (χ0) is 20.7. The molecule has 2 unspecified atom stereocenters. The predicted molar refractivity (Wildman–Crippen MR) is 113 cm³/mol. The van der Waals surface area contributed by atoms with Crippen LogP contribution in [-0.2, 0) is 4.79 Å². The lowest BCUT2D eigenvalue weighted by atomic mass is 9.54. The summed E-state index contributed by atoms with van der Waals surface area (Å²) in [6.07, 6.45) is 8.30. The fourth-order valence-corrected chi connectivity index (χ4v) is 7.18. The number of rotatable bonds is 1. The summed E-state index contributed by atoms with van der Waals surface area (Å²) in [4.78, 5) is 12.1. The van der Waals surface area contributed by atoms with Crippen molar-refractivity contribution in [1.82, 2.24) is 0 Å². The number of aliphatic hydroxyl groups is 1. The minimum Gasteiger partial charge on any atom is -0.454 e. The minimum absolute atomic E-state index is 0.0822. The SMILES string of the molecule is CC1(C)CCC2C3CCC4=CC(=O)CCC4=C3[C@@H](c3ccc4c(c3)OCO4)C[C@@]21O. The molecule has 1 aliphatic heterocycles. The van der Waals surface area contributed by atoms with E-state index in [9.17, 15) is 9.90 Å². The maximum atomic E-state index is 12.1. The van der Waals surface area contributed by atoms with Crippen molar-refractivity contribution in [3.05, 3.63) is 46.6 Å². The van der Waals surface area contributed by atoms with Crippen molar-refractivity contribution >= 4 is 5.78 Å². The van der Waals surface area contributed by atoms with Gasteiger partial charge in [0, 0.05) is 12.3 Å². The quantitative estimate of drug-likeness (QED) is 0.708. The maximum absolute atomic E-state index is 12.1. The molecule has 0 amide bonds. The van der Waals surface area contributed by atoms with Gasteiger partial charge in [0.25, 0.3) is 0 Å². The fraction of sp³-hybridized carbons (Fsp3) is 0.577. The lowest BCUT2D eigenvalue weighted by molar-refractivity contribution is -0.115. The van der Waals surface area contributed by atoms with Crippen LogP contribution >= 0.6 is 0 Å². The van der Waals surface area contributed by atoms with Gasteiger partial charge in [-0.2, -0.15) is 0 Å². The Hall–Kier alpha value is -2.07. The third kappa shape index (κ3) is 2.46. The molecule has 158 valence electrons. The van der Waals surface area contributed by atoms with E-state index in [4.69, 9.17) is 9.47 Å². The number of hydrogen-bond acceptors (Lipinski definition) is 4. The number of benzene rings is 1. The molecule has 0 spiro atoms. The molecule has 1 aromatic carbocycles. The molecule has 0 saturated heterocycles. The summed E-state index contributed by atoms with van der Waals surface area (Å²) in [7, 11) is 0. The number of hydrogen-bond donors (Lipinski definition) is 1. The first-order valence-electron chi connectivity index (χ1n) is 11.5. The molecular formula is C26H30O4. The fourth-order valence-electron chi connectivity index (χ4n) is 7.18. The van der Waals surface area contributed by atoms with Gasteiger partial charge in [-0.1, -0.05) is 25.5 Å². The highest BCUT2D eigenvalue weighted by Crippen LogP contribution is 2.65. The summed E-state index contributed by atoms with van der Waals surface area (Å²) in [6.45, 7) is 4.76. The number of carbonyl (C=O) groups is 1. The molecule has 4 heteroatoms. The summed E-state index contributed by atoms with van der Waals surface area (Å²) in [5.74, 6) is 2.76. The molecule has 1 heterocycles. The smallest absolute Gasteiger partial charge is 0.231 e. The van der Waals surface area contributed by atoms with Crippen LogP contribution in [0.1, 0.15) is 70.3 Å². The van der Waals surface area contributed by atoms with E-state index in [1.807, 2.05) is 12.1 Å². The number of ether oxygens (including phenoxy) is 2. The number of ketones is 1. The van der Waals surface area contributed by atoms with E-state index >= 15 is 0 Å². The zero-order valence-electron chi connectivity index (χ0n) is 17.9. The van der Waals surface area contributed by atoms with Crippen molar-refractivity contribution in [2.45, 2.75) is 70.3 Å². The van der Waals surface area contributed by atoms with E-state index in [1.165, 1.54) is 22.3 Å². The molecule has 30 heavy (non-hydrogen) atoms. The largest absolute Gasteiger partial charge is 0.454 e. The van der Waals surface area contributed by atoms with Crippen LogP contribution < -0.4 is 9.47 Å². The van der Waals surface area contributed by atoms with Crippen LogP contribution in [0.4, 0.5) is 0 Å². The van der Waals surface area contributed by atoms with Crippen molar-refractivity contribution in [3.8, 4) is 11.5 Å². The third-order valence-electron chi connectivity index (χ3n) is 8.86. The van der Waals surface area contributed by atoms with Gasteiger partial charge in [0.15, 0.2) is 17.3 Å². The highest BCUT2D eigenvalue weighted by Gasteiger charge is 2.61. The van der Waals surface area contributed by atoms with Gasteiger partial charge in [-0.15, -0.1) is 0 Å². The van der Waals surface area contributed by atoms with Gasteiger partial charge in [0.2, 0.25) is 6.79 Å². The van der Waals surface area contributed by atoms with E-state index in [2.05, 4.69) is 26.0 Å². The maximum Gasteiger partial charge on any atom is 0.231 e. The normalized spacial score (nSPS) is 36.2. The average Bonchev–Trinajstić information content (AvgIpc) is 3.28. The highest BCUT2D eigenvalue weighted by atomic mass is 16.7. The first kappa shape index (κ1) is 18.7. The number of fused-ring (bicyclic) bond motifs is 5. The molecule has 0 radical (unpaired) electrons. The molecule has 6 rings (SSSR count). The van der Waals surface area contributed by atoms with Crippen molar-refractivity contribution in [1.29, 1.82) is 0 Å². The molecule has 4 atom stereocenters. The Bertz CT molecular complexity index is 1000. The first-order chi connectivity index (χ1) is 14.4. The minimum atomic E-state index is -0.658. The van der Waals surface area contributed by atoms with Crippen LogP contribution in [0.3, 0.4) is 0 Å². The molecule has 0 bridgehead atoms. The Morgan fingerprint density at radius 2 is 1.90 bits per heavy atom. The lowest BCUT2D eigenvalue weighted by Crippen LogP contribution is -2.53. The molecule has 0 aromatic heterocycles. The standard InChI is InChI=1S/C26H30O4/c1-25(2)10-9-21-19-6-3-15-11-17(27)5-7-18(15)24(19)20(13-26(21,25)28)16-4-8-22-23(12-16)30-14-29-22/h4,8,11-12,19-21,28H,3,5-7,9-10,13-14H2,1-2H3/t19?,20-,21?,26-/m1/s1. The summed E-state index contributed by atoms with van der Waals surface area (Å²) < 4.78 is 11.2. The molecule has 2 saturated carbocycles. The van der Waals surface area contributed by atoms with Crippen LogP contribution in [0, 0.1) is 17.3 Å². The van der Waals surface area contributed by atoms with Gasteiger partial charge in [0.1, 0.15) is 0 Å². The summed E-state index contributed by atoms with van der Waals surface area (Å²) in [6, 6.07) is 6.29. The zero-order valence-corrected chi connectivity index (χ0v) is 17.9. The molecule has 1 aromatic rings. The monoisotopic (exact) mass is 406 g/mol. The van der Waals surface area contributed by atoms with Crippen LogP contribution in [0.2, 0.25) is 0 Å². The van der Waals surface area contributed by atoms with Gasteiger partial charge < -0.3 is 14.6 Å². The Kier molecular flexibility index (Phi) is 3.88. The van der Waals surface area contributed by atoms with Crippen molar-refractivity contribution in [3.63, 3.8) is 0 Å². The van der Waals surface area contributed by atoms with Gasteiger partial charge in [0.05, 0.1) is 5.60 Å². The van der Waals surface area contributed by atoms with Gasteiger partial charge >= 0.3 is 0 Å². The van der Waals surface area contributed by atoms with Crippen LogP contribution in [0.15, 0.2) is 41.0 Å². The molecule has 5 aliphatic rings. The number of carbonyl (C=O) groups excluding carboxylic acids is 1. The van der Waals surface area contributed by atoms with E-state index in [0.717, 1.165) is 50.0 Å². The third-order valence-corrected chi connectivity index (χ3v) is 8.86. The summed E-state index contributed by atoms with van der Waals surface area (Å²) in [5.41, 5.74) is 4.65. The lowest BCUT2D eigenvalue weighted by Gasteiger charge is -2.53. The van der Waals surface area contributed by atoms with E-state index < -0.39 is 5.60 Å². The molecule has 4 aliphatic carbocycles. The Morgan fingerprint density at radius 3 is 2.77 bits per heavy atom. The first-order valence-corrected chi connectivity index (χ1v) is 11.5. The van der Waals surface area contributed by atoms with Crippen molar-refractivity contribution in [2.75, 3.05) is 6.79 Å². The van der Waals surface area contributed by atoms with Gasteiger partial charge in [-0.25, -0.2) is 0 Å². The Balaban J connectivity index is 1.53. The second-order valence-corrected chi connectivity index (χ2v) is 10.5. The van der Waals surface area contributed by atoms with Crippen LogP contribution in [0.25, 0.3) is 0 Å². The highest BCUT2D eigenvalue weighted by molar-refractivity contribution is 5.93. The van der Waals surface area contributed by atoms with Crippen molar-refractivity contribution in [2.24, 2.45) is 17.3 Å². The summed E-state index contributed by atoms with van der Waals surface area (Å²) in [5, 5.41) is 12.1.